The lowest BCUT2D eigenvalue weighted by Crippen LogP contribution is -2.50. The Morgan fingerprint density at radius 3 is 2.67 bits per heavy atom. The molecule has 1 aromatic rings. The molecule has 5 nitrogen and oxygen atoms in total. The molecule has 0 aromatic carbocycles. The summed E-state index contributed by atoms with van der Waals surface area (Å²) in [6.07, 6.45) is 0.0160. The number of carboxylic acids is 1. The predicted octanol–water partition coefficient (Wildman–Crippen LogP) is 2.28. The van der Waals surface area contributed by atoms with Crippen LogP contribution in [0.15, 0.2) is 12.4 Å². The lowest BCUT2D eigenvalue weighted by molar-refractivity contribution is -0.144. The van der Waals surface area contributed by atoms with Crippen LogP contribution in [0.25, 0.3) is 0 Å². The van der Waals surface area contributed by atoms with Crippen molar-refractivity contribution in [3.63, 3.8) is 0 Å². The van der Waals surface area contributed by atoms with Crippen molar-refractivity contribution in [2.45, 2.75) is 56.9 Å². The van der Waals surface area contributed by atoms with Crippen molar-refractivity contribution in [3.05, 3.63) is 18.0 Å². The molecule has 118 valence electrons. The van der Waals surface area contributed by atoms with Gasteiger partial charge in [-0.2, -0.15) is 18.3 Å². The highest BCUT2D eigenvalue weighted by Crippen LogP contribution is 2.29. The molecular formula is C13H18F3N3O2. The van der Waals surface area contributed by atoms with Gasteiger partial charge in [0.25, 0.3) is 0 Å². The second-order valence-electron chi connectivity index (χ2n) is 5.65. The Labute approximate surface area is 120 Å². The average Bonchev–Trinajstić information content (AvgIpc) is 3.02. The molecule has 1 aromatic heterocycles. The number of aliphatic carboxylic acids is 1. The standard InChI is InChI=1S/C13H18F3N3O2/c1-12(11(20)21,18-10-3-4-10)5-2-6-19-8-9(7-17-19)13(14,15)16/h7-8,10,18H,2-6H2,1H3,(H,20,21). The highest BCUT2D eigenvalue weighted by atomic mass is 19.4. The van der Waals surface area contributed by atoms with Gasteiger partial charge in [0.05, 0.1) is 11.8 Å². The van der Waals surface area contributed by atoms with Gasteiger partial charge >= 0.3 is 12.1 Å². The molecule has 1 heterocycles. The smallest absolute Gasteiger partial charge is 0.419 e. The first-order chi connectivity index (χ1) is 9.71. The summed E-state index contributed by atoms with van der Waals surface area (Å²) in [5.74, 6) is -0.939. The molecule has 0 bridgehead atoms. The topological polar surface area (TPSA) is 67.2 Å². The molecule has 1 fully saturated rings. The number of nitrogens with one attached hydrogen (secondary N) is 1. The van der Waals surface area contributed by atoms with Gasteiger partial charge in [-0.05, 0) is 32.6 Å². The summed E-state index contributed by atoms with van der Waals surface area (Å²) < 4.78 is 38.5. The minimum atomic E-state index is -4.40. The van der Waals surface area contributed by atoms with E-state index in [0.29, 0.717) is 12.8 Å². The highest BCUT2D eigenvalue weighted by molar-refractivity contribution is 5.78. The van der Waals surface area contributed by atoms with Crippen molar-refractivity contribution < 1.29 is 23.1 Å². The molecule has 1 unspecified atom stereocenters. The van der Waals surface area contributed by atoms with Gasteiger partial charge < -0.3 is 5.11 Å². The van der Waals surface area contributed by atoms with Gasteiger partial charge in [0.2, 0.25) is 0 Å². The molecule has 2 N–H and O–H groups in total. The number of hydrogen-bond acceptors (Lipinski definition) is 3. The summed E-state index contributed by atoms with van der Waals surface area (Å²) in [4.78, 5) is 11.3. The Balaban J connectivity index is 1.87. The van der Waals surface area contributed by atoms with E-state index in [4.69, 9.17) is 0 Å². The molecular weight excluding hydrogens is 287 g/mol. The summed E-state index contributed by atoms with van der Waals surface area (Å²) in [5, 5.41) is 16.0. The number of carboxylic acid groups (broad SMARTS) is 1. The van der Waals surface area contributed by atoms with Crippen LogP contribution in [0.4, 0.5) is 13.2 Å². The molecule has 0 spiro atoms. The molecule has 1 aliphatic rings. The van der Waals surface area contributed by atoms with Crippen molar-refractivity contribution in [1.82, 2.24) is 15.1 Å². The number of alkyl halides is 3. The fourth-order valence-electron chi connectivity index (χ4n) is 2.15. The molecule has 1 aliphatic carbocycles. The van der Waals surface area contributed by atoms with Crippen molar-refractivity contribution in [2.75, 3.05) is 0 Å². The Morgan fingerprint density at radius 1 is 1.52 bits per heavy atom. The minimum absolute atomic E-state index is 0.243. The third-order valence-electron chi connectivity index (χ3n) is 3.60. The van der Waals surface area contributed by atoms with E-state index < -0.39 is 23.2 Å². The van der Waals surface area contributed by atoms with E-state index in [0.717, 1.165) is 25.2 Å². The van der Waals surface area contributed by atoms with E-state index in [9.17, 15) is 23.1 Å². The molecule has 0 amide bonds. The van der Waals surface area contributed by atoms with Crippen LogP contribution in [0.5, 0.6) is 0 Å². The van der Waals surface area contributed by atoms with Crippen LogP contribution in [-0.2, 0) is 17.5 Å². The number of carbonyl (C=O) groups is 1. The molecule has 0 radical (unpaired) electrons. The van der Waals surface area contributed by atoms with E-state index in [1.807, 2.05) is 0 Å². The Bertz CT molecular complexity index is 511. The first kappa shape index (κ1) is 15.8. The molecule has 8 heteroatoms. The lowest BCUT2D eigenvalue weighted by atomic mass is 9.95. The van der Waals surface area contributed by atoms with E-state index in [-0.39, 0.29) is 12.6 Å². The number of hydrogen-bond donors (Lipinski definition) is 2. The average molecular weight is 305 g/mol. The van der Waals surface area contributed by atoms with Crippen molar-refractivity contribution in [2.24, 2.45) is 0 Å². The monoisotopic (exact) mass is 305 g/mol. The Hall–Kier alpha value is -1.57. The zero-order valence-electron chi connectivity index (χ0n) is 11.7. The van der Waals surface area contributed by atoms with Crippen molar-refractivity contribution >= 4 is 5.97 Å². The van der Waals surface area contributed by atoms with Crippen LogP contribution in [0.2, 0.25) is 0 Å². The van der Waals surface area contributed by atoms with E-state index in [1.54, 1.807) is 6.92 Å². The summed E-state index contributed by atoms with van der Waals surface area (Å²) >= 11 is 0. The zero-order valence-corrected chi connectivity index (χ0v) is 11.7. The maximum absolute atomic E-state index is 12.4. The third kappa shape index (κ3) is 4.20. The maximum atomic E-state index is 12.4. The molecule has 21 heavy (non-hydrogen) atoms. The van der Waals surface area contributed by atoms with Gasteiger partial charge in [-0.1, -0.05) is 0 Å². The predicted molar refractivity (Wildman–Crippen MR) is 68.7 cm³/mol. The number of aromatic nitrogens is 2. The number of halogens is 3. The largest absolute Gasteiger partial charge is 0.480 e. The van der Waals surface area contributed by atoms with Crippen LogP contribution in [0, 0.1) is 0 Å². The number of nitrogens with zero attached hydrogens (tertiary/aromatic N) is 2. The van der Waals surface area contributed by atoms with Crippen LogP contribution in [0.3, 0.4) is 0 Å². The highest BCUT2D eigenvalue weighted by Gasteiger charge is 2.38. The van der Waals surface area contributed by atoms with Gasteiger partial charge in [-0.3, -0.25) is 14.8 Å². The summed E-state index contributed by atoms with van der Waals surface area (Å²) in [5.41, 5.74) is -1.83. The number of rotatable bonds is 7. The van der Waals surface area contributed by atoms with Gasteiger partial charge in [-0.25, -0.2) is 0 Å². The van der Waals surface area contributed by atoms with Crippen molar-refractivity contribution in [1.29, 1.82) is 0 Å². The Morgan fingerprint density at radius 2 is 2.19 bits per heavy atom. The van der Waals surface area contributed by atoms with Gasteiger partial charge in [0.15, 0.2) is 0 Å². The van der Waals surface area contributed by atoms with Gasteiger partial charge in [0, 0.05) is 18.8 Å². The van der Waals surface area contributed by atoms with Crippen LogP contribution in [-0.4, -0.2) is 32.4 Å². The van der Waals surface area contributed by atoms with Gasteiger partial charge in [0.1, 0.15) is 5.54 Å². The van der Waals surface area contributed by atoms with Gasteiger partial charge in [-0.15, -0.1) is 0 Å². The second kappa shape index (κ2) is 5.67. The summed E-state index contributed by atoms with van der Waals surface area (Å²) in [6.45, 7) is 1.86. The quantitative estimate of drug-likeness (QED) is 0.811. The molecule has 0 aliphatic heterocycles. The molecule has 0 saturated heterocycles. The first-order valence-corrected chi connectivity index (χ1v) is 6.81. The van der Waals surface area contributed by atoms with E-state index in [2.05, 4.69) is 10.4 Å². The second-order valence-corrected chi connectivity index (χ2v) is 5.65. The number of aryl methyl sites for hydroxylation is 1. The summed E-state index contributed by atoms with van der Waals surface area (Å²) in [6, 6.07) is 0.243. The molecule has 2 rings (SSSR count). The van der Waals surface area contributed by atoms with E-state index in [1.165, 1.54) is 4.68 Å². The van der Waals surface area contributed by atoms with E-state index >= 15 is 0 Å². The minimum Gasteiger partial charge on any atom is -0.480 e. The van der Waals surface area contributed by atoms with Crippen LogP contribution in [0.1, 0.15) is 38.2 Å². The summed E-state index contributed by atoms with van der Waals surface area (Å²) in [7, 11) is 0. The fraction of sp³-hybridized carbons (Fsp3) is 0.692. The Kier molecular flexibility index (Phi) is 4.27. The van der Waals surface area contributed by atoms with Crippen LogP contribution >= 0.6 is 0 Å². The third-order valence-corrected chi connectivity index (χ3v) is 3.60. The molecule has 1 atom stereocenters. The lowest BCUT2D eigenvalue weighted by Gasteiger charge is -2.26. The molecule has 1 saturated carbocycles. The SMILES string of the molecule is CC(CCCn1cc(C(F)(F)F)cn1)(NC1CC1)C(=O)O. The van der Waals surface area contributed by atoms with Crippen molar-refractivity contribution in [3.8, 4) is 0 Å². The first-order valence-electron chi connectivity index (χ1n) is 6.81. The maximum Gasteiger partial charge on any atom is 0.419 e. The normalized spacial score (nSPS) is 18.5. The van der Waals surface area contributed by atoms with Crippen LogP contribution < -0.4 is 5.32 Å². The fourth-order valence-corrected chi connectivity index (χ4v) is 2.15. The zero-order chi connectivity index (χ0) is 15.7.